The van der Waals surface area contributed by atoms with Gasteiger partial charge in [-0.15, -0.1) is 0 Å². The molecular weight excluding hydrogens is 313 g/mol. The van der Waals surface area contributed by atoms with Crippen molar-refractivity contribution < 1.29 is 25.2 Å². The first-order valence-electron chi connectivity index (χ1n) is 1.93. The molecule has 64 valence electrons. The third kappa shape index (κ3) is 12.7. The van der Waals surface area contributed by atoms with Gasteiger partial charge in [-0.25, -0.2) is 0 Å². The molecule has 2 radical (unpaired) electrons. The van der Waals surface area contributed by atoms with Gasteiger partial charge in [0.1, 0.15) is 0 Å². The Morgan fingerprint density at radius 1 is 1.36 bits per heavy atom. The van der Waals surface area contributed by atoms with E-state index in [1.807, 2.05) is 6.07 Å². The second-order valence-electron chi connectivity index (χ2n) is 1.05. The first kappa shape index (κ1) is 22.4. The van der Waals surface area contributed by atoms with Gasteiger partial charge in [-0.3, -0.25) is 6.79 Å². The van der Waals surface area contributed by atoms with Gasteiger partial charge in [-0.2, -0.15) is 5.10 Å². The van der Waals surface area contributed by atoms with E-state index in [0.29, 0.717) is 0 Å². The number of hydrogen-bond acceptors (Lipinski definition) is 2. The summed E-state index contributed by atoms with van der Waals surface area (Å²) in [6, 6.07) is 1.83. The van der Waals surface area contributed by atoms with Crippen molar-refractivity contribution in [2.45, 2.75) is 0 Å². The smallest absolute Gasteiger partial charge is 0.258 e. The van der Waals surface area contributed by atoms with Gasteiger partial charge in [-0.1, -0.05) is 0 Å². The minimum atomic E-state index is 0. The van der Waals surface area contributed by atoms with Gasteiger partial charge in [0.05, 0.1) is 0 Å². The Labute approximate surface area is 83.3 Å². The number of rotatable bonds is 0. The molecule has 0 aliphatic rings. The molecule has 0 aromatic carbocycles. The molecule has 0 saturated carbocycles. The van der Waals surface area contributed by atoms with Gasteiger partial charge in [0.15, 0.2) is 0 Å². The maximum absolute atomic E-state index is 7.75. The molecule has 0 spiro atoms. The standard InChI is InChI=1S/C3H4BN2.CHO.2CH3.Re/c4-6-3-1-2-5-6;1-2;;;/h1-4H;1H;2*1H3;/q;3*-1;. The predicted octanol–water partition coefficient (Wildman–Crippen LogP) is 0.171. The van der Waals surface area contributed by atoms with E-state index < -0.39 is 0 Å². The molecule has 0 unspecified atom stereocenters. The molecule has 0 fully saturated rings. The summed E-state index contributed by atoms with van der Waals surface area (Å²) in [5.74, 6) is 0. The molecule has 3 nitrogen and oxygen atoms in total. The fourth-order valence-electron chi connectivity index (χ4n) is 0.300. The monoisotopic (exact) mass is 325 g/mol. The Bertz CT molecular complexity index is 135. The molecule has 0 atom stereocenters. The summed E-state index contributed by atoms with van der Waals surface area (Å²) in [5.41, 5.74) is 0. The molecule has 11 heavy (non-hydrogen) atoms. The summed E-state index contributed by atoms with van der Waals surface area (Å²) in [6.07, 6.45) is 3.47. The van der Waals surface area contributed by atoms with Crippen molar-refractivity contribution in [3.63, 3.8) is 0 Å². The Kier molecular flexibility index (Phi) is 33.2. The number of aromatic nitrogens is 2. The summed E-state index contributed by atoms with van der Waals surface area (Å²) in [4.78, 5) is 7.75. The number of nitrogens with zero attached hydrogens (tertiary/aromatic N) is 2. The SMILES string of the molecule is [BH]n1cccn1.[CH-]=O.[CH3-].[CH3-].[Re]. The van der Waals surface area contributed by atoms with Crippen LogP contribution in [0.5, 0.6) is 0 Å². The van der Waals surface area contributed by atoms with Gasteiger partial charge in [-0.05, 0) is 6.07 Å². The molecule has 0 aliphatic heterocycles. The normalized spacial score (nSPS) is 5.09. The van der Waals surface area contributed by atoms with Crippen LogP contribution in [0.25, 0.3) is 0 Å². The number of carbonyl (C=O) groups excluding carboxylic acids is 1. The van der Waals surface area contributed by atoms with Crippen molar-refractivity contribution >= 4 is 14.8 Å². The molecule has 1 aromatic rings. The fourth-order valence-corrected chi connectivity index (χ4v) is 0.300. The van der Waals surface area contributed by atoms with Crippen molar-refractivity contribution in [1.29, 1.82) is 0 Å². The molecule has 0 amide bonds. The Morgan fingerprint density at radius 3 is 1.91 bits per heavy atom. The molecule has 0 saturated heterocycles. The van der Waals surface area contributed by atoms with Crippen LogP contribution in [0.1, 0.15) is 0 Å². The van der Waals surface area contributed by atoms with Crippen molar-refractivity contribution in [2.75, 3.05) is 0 Å². The van der Waals surface area contributed by atoms with Crippen LogP contribution in [0, 0.1) is 14.9 Å². The summed E-state index contributed by atoms with van der Waals surface area (Å²) < 4.78 is 1.50. The van der Waals surface area contributed by atoms with Crippen molar-refractivity contribution in [1.82, 2.24) is 9.69 Å². The quantitative estimate of drug-likeness (QED) is 0.387. The molecule has 5 heteroatoms. The fraction of sp³-hybridized carbons (Fsp3) is 0. The molecule has 0 bridgehead atoms. The molecular formula is C6H11BN2ORe-3. The zero-order chi connectivity index (χ0) is 6.41. The van der Waals surface area contributed by atoms with Gasteiger partial charge < -0.3 is 24.2 Å². The van der Waals surface area contributed by atoms with E-state index in [4.69, 9.17) is 4.79 Å². The molecule has 0 N–H and O–H groups in total. The largest absolute Gasteiger partial charge is 0.545 e. The van der Waals surface area contributed by atoms with E-state index in [1.165, 1.54) is 4.59 Å². The zero-order valence-corrected chi connectivity index (χ0v) is 9.41. The second kappa shape index (κ2) is 16.3. The van der Waals surface area contributed by atoms with Crippen LogP contribution < -0.4 is 0 Å². The van der Waals surface area contributed by atoms with E-state index in [9.17, 15) is 0 Å². The maximum atomic E-state index is 7.75. The molecule has 1 aromatic heterocycles. The first-order valence-corrected chi connectivity index (χ1v) is 1.93. The molecule has 1 heterocycles. The minimum Gasteiger partial charge on any atom is -0.545 e. The topological polar surface area (TPSA) is 34.9 Å². The van der Waals surface area contributed by atoms with Crippen LogP contribution in [0.3, 0.4) is 0 Å². The average Bonchev–Trinajstić information content (AvgIpc) is 2.24. The maximum Gasteiger partial charge on any atom is 0.258 e. The van der Waals surface area contributed by atoms with Crippen LogP contribution >= 0.6 is 0 Å². The van der Waals surface area contributed by atoms with E-state index in [-0.39, 0.29) is 35.3 Å². The second-order valence-corrected chi connectivity index (χ2v) is 1.05. The third-order valence-electron chi connectivity index (χ3n) is 0.559. The van der Waals surface area contributed by atoms with Gasteiger partial charge in [0.2, 0.25) is 0 Å². The minimum absolute atomic E-state index is 0. The Morgan fingerprint density at radius 2 is 1.82 bits per heavy atom. The van der Waals surface area contributed by atoms with Gasteiger partial charge in [0, 0.05) is 32.8 Å². The van der Waals surface area contributed by atoms with Crippen LogP contribution in [0.15, 0.2) is 18.5 Å². The van der Waals surface area contributed by atoms with Gasteiger partial charge >= 0.3 is 0 Å². The van der Waals surface area contributed by atoms with Crippen LogP contribution in [-0.4, -0.2) is 24.5 Å². The van der Waals surface area contributed by atoms with Crippen LogP contribution in [0.2, 0.25) is 0 Å². The van der Waals surface area contributed by atoms with Gasteiger partial charge in [0.25, 0.3) is 7.98 Å². The van der Waals surface area contributed by atoms with Crippen molar-refractivity contribution in [2.24, 2.45) is 0 Å². The van der Waals surface area contributed by atoms with E-state index in [1.54, 1.807) is 12.4 Å². The Balaban J connectivity index is -0.0000000459. The van der Waals surface area contributed by atoms with E-state index in [2.05, 4.69) is 19.9 Å². The zero-order valence-electron chi connectivity index (χ0n) is 6.70. The van der Waals surface area contributed by atoms with Crippen LogP contribution in [-0.2, 0) is 25.2 Å². The molecule has 1 rings (SSSR count). The van der Waals surface area contributed by atoms with E-state index in [0.717, 1.165) is 0 Å². The summed E-state index contributed by atoms with van der Waals surface area (Å²) >= 11 is 0. The summed E-state index contributed by atoms with van der Waals surface area (Å²) in [6.45, 7) is 3.25. The van der Waals surface area contributed by atoms with Crippen LogP contribution in [0.4, 0.5) is 0 Å². The third-order valence-corrected chi connectivity index (χ3v) is 0.559. The van der Waals surface area contributed by atoms with Crippen molar-refractivity contribution in [3.05, 3.63) is 33.3 Å². The van der Waals surface area contributed by atoms with E-state index >= 15 is 0 Å². The van der Waals surface area contributed by atoms with Crippen molar-refractivity contribution in [3.8, 4) is 0 Å². The number of hydrogen-bond donors (Lipinski definition) is 0. The first-order chi connectivity index (χ1) is 3.89. The Hall–Kier alpha value is -0.393. The summed E-state index contributed by atoms with van der Waals surface area (Å²) in [5, 5.41) is 3.72. The summed E-state index contributed by atoms with van der Waals surface area (Å²) in [7, 11) is 3.49. The predicted molar refractivity (Wildman–Crippen MR) is 44.4 cm³/mol. The average molecular weight is 324 g/mol. The molecule has 0 aliphatic carbocycles.